The van der Waals surface area contributed by atoms with Crippen molar-refractivity contribution in [2.45, 2.75) is 66.2 Å². The topological polar surface area (TPSA) is 63.6 Å². The van der Waals surface area contributed by atoms with Gasteiger partial charge in [0.05, 0.1) is 6.61 Å². The average molecular weight is 260 g/mol. The number of hydrogen-bond acceptors (Lipinski definition) is 3. The van der Waals surface area contributed by atoms with Gasteiger partial charge in [0, 0.05) is 13.3 Å². The summed E-state index contributed by atoms with van der Waals surface area (Å²) in [5.74, 6) is -0.0965. The summed E-state index contributed by atoms with van der Waals surface area (Å²) in [7, 11) is 0. The second-order valence-corrected chi connectivity index (χ2v) is 4.67. The van der Waals surface area contributed by atoms with Crippen LogP contribution in [0.5, 0.6) is 0 Å². The molecule has 0 aliphatic rings. The van der Waals surface area contributed by atoms with Crippen LogP contribution >= 0.6 is 0 Å². The van der Waals surface area contributed by atoms with Gasteiger partial charge in [-0.25, -0.2) is 0 Å². The summed E-state index contributed by atoms with van der Waals surface area (Å²) in [5, 5.41) is 8.36. The van der Waals surface area contributed by atoms with Crippen molar-refractivity contribution in [3.63, 3.8) is 0 Å². The molecule has 0 amide bonds. The molecule has 18 heavy (non-hydrogen) atoms. The molecule has 0 fully saturated rings. The van der Waals surface area contributed by atoms with Crippen molar-refractivity contribution in [3.8, 4) is 0 Å². The van der Waals surface area contributed by atoms with E-state index in [0.717, 1.165) is 18.8 Å². The van der Waals surface area contributed by atoms with Crippen molar-refractivity contribution >= 4 is 11.9 Å². The first kappa shape index (κ1) is 19.3. The van der Waals surface area contributed by atoms with Crippen LogP contribution in [-0.2, 0) is 14.3 Å². The molecule has 0 saturated carbocycles. The zero-order valence-electron chi connectivity index (χ0n) is 12.2. The maximum absolute atomic E-state index is 10.1. The molecule has 0 bridgehead atoms. The minimum Gasteiger partial charge on any atom is -0.481 e. The number of carbonyl (C=O) groups is 2. The smallest absolute Gasteiger partial charge is 0.303 e. The van der Waals surface area contributed by atoms with E-state index in [2.05, 4.69) is 18.6 Å². The molecule has 0 radical (unpaired) electrons. The predicted molar refractivity (Wildman–Crippen MR) is 72.5 cm³/mol. The molecule has 4 nitrogen and oxygen atoms in total. The Morgan fingerprint density at radius 3 is 2.00 bits per heavy atom. The Morgan fingerprint density at radius 1 is 1.11 bits per heavy atom. The molecule has 0 aromatic carbocycles. The summed E-state index contributed by atoms with van der Waals surface area (Å²) in [4.78, 5) is 20.0. The van der Waals surface area contributed by atoms with E-state index in [0.29, 0.717) is 13.0 Å². The first-order valence-electron chi connectivity index (χ1n) is 6.75. The van der Waals surface area contributed by atoms with Gasteiger partial charge in [-0.15, -0.1) is 0 Å². The highest BCUT2D eigenvalue weighted by Gasteiger charge is 1.97. The summed E-state index contributed by atoms with van der Waals surface area (Å²) in [6.45, 7) is 8.09. The lowest BCUT2D eigenvalue weighted by Crippen LogP contribution is -1.95. The third kappa shape index (κ3) is 24.3. The van der Waals surface area contributed by atoms with Gasteiger partial charge >= 0.3 is 11.9 Å². The molecule has 0 saturated heterocycles. The number of aliphatic carboxylic acids is 1. The van der Waals surface area contributed by atoms with Crippen LogP contribution in [0.15, 0.2) is 0 Å². The van der Waals surface area contributed by atoms with E-state index >= 15 is 0 Å². The molecule has 0 aromatic heterocycles. The Morgan fingerprint density at radius 2 is 1.67 bits per heavy atom. The van der Waals surface area contributed by atoms with Crippen LogP contribution in [0, 0.1) is 5.92 Å². The molecule has 0 rings (SSSR count). The van der Waals surface area contributed by atoms with Crippen LogP contribution in [0.3, 0.4) is 0 Å². The SMILES string of the molecule is CC(C)CCCCCCC(=O)O.CCOC(C)=O. The van der Waals surface area contributed by atoms with Gasteiger partial charge in [-0.1, -0.05) is 39.5 Å². The van der Waals surface area contributed by atoms with Gasteiger partial charge in [0.25, 0.3) is 0 Å². The molecular formula is C14H28O4. The van der Waals surface area contributed by atoms with Crippen molar-refractivity contribution in [1.29, 1.82) is 0 Å². The molecule has 0 unspecified atom stereocenters. The molecule has 0 aliphatic heterocycles. The normalized spacial score (nSPS) is 9.61. The average Bonchev–Trinajstić information content (AvgIpc) is 2.23. The maximum atomic E-state index is 10.1. The van der Waals surface area contributed by atoms with E-state index in [1.165, 1.54) is 26.2 Å². The maximum Gasteiger partial charge on any atom is 0.303 e. The highest BCUT2D eigenvalue weighted by molar-refractivity contribution is 5.66. The van der Waals surface area contributed by atoms with E-state index in [1.807, 2.05) is 0 Å². The minimum absolute atomic E-state index is 0.211. The van der Waals surface area contributed by atoms with Gasteiger partial charge in [-0.3, -0.25) is 9.59 Å². The van der Waals surface area contributed by atoms with E-state index in [9.17, 15) is 9.59 Å². The predicted octanol–water partition coefficient (Wildman–Crippen LogP) is 3.64. The first-order valence-corrected chi connectivity index (χ1v) is 6.75. The zero-order valence-corrected chi connectivity index (χ0v) is 12.2. The third-order valence-corrected chi connectivity index (χ3v) is 2.27. The molecule has 108 valence electrons. The lowest BCUT2D eigenvalue weighted by molar-refractivity contribution is -0.140. The van der Waals surface area contributed by atoms with Gasteiger partial charge in [-0.05, 0) is 19.3 Å². The summed E-state index contributed by atoms with van der Waals surface area (Å²) in [6.07, 6.45) is 5.95. The van der Waals surface area contributed by atoms with Gasteiger partial charge in [0.15, 0.2) is 0 Å². The fourth-order valence-electron chi connectivity index (χ4n) is 1.39. The van der Waals surface area contributed by atoms with Crippen LogP contribution < -0.4 is 0 Å². The lowest BCUT2D eigenvalue weighted by Gasteiger charge is -2.02. The van der Waals surface area contributed by atoms with Crippen molar-refractivity contribution in [1.82, 2.24) is 0 Å². The van der Waals surface area contributed by atoms with Gasteiger partial charge in [0.2, 0.25) is 0 Å². The van der Waals surface area contributed by atoms with Crippen molar-refractivity contribution in [3.05, 3.63) is 0 Å². The van der Waals surface area contributed by atoms with Gasteiger partial charge < -0.3 is 9.84 Å². The molecule has 0 heterocycles. The molecule has 0 spiro atoms. The molecule has 4 heteroatoms. The van der Waals surface area contributed by atoms with E-state index < -0.39 is 5.97 Å². The van der Waals surface area contributed by atoms with Crippen LogP contribution in [0.1, 0.15) is 66.2 Å². The van der Waals surface area contributed by atoms with Crippen molar-refractivity contribution in [2.75, 3.05) is 6.61 Å². The first-order chi connectivity index (χ1) is 8.40. The Bertz CT molecular complexity index is 212. The Labute approximate surface area is 111 Å². The number of ether oxygens (including phenoxy) is 1. The number of unbranched alkanes of at least 4 members (excludes halogenated alkanes) is 3. The van der Waals surface area contributed by atoms with Crippen LogP contribution in [0.25, 0.3) is 0 Å². The second kappa shape index (κ2) is 14.0. The Balaban J connectivity index is 0. The minimum atomic E-state index is -0.668. The molecule has 0 aliphatic carbocycles. The van der Waals surface area contributed by atoms with E-state index in [1.54, 1.807) is 6.92 Å². The molecule has 0 aromatic rings. The quantitative estimate of drug-likeness (QED) is 0.534. The van der Waals surface area contributed by atoms with Crippen LogP contribution in [-0.4, -0.2) is 23.7 Å². The van der Waals surface area contributed by atoms with Gasteiger partial charge in [0.1, 0.15) is 0 Å². The largest absolute Gasteiger partial charge is 0.481 e. The summed E-state index contributed by atoms with van der Waals surface area (Å²) < 4.78 is 4.40. The summed E-state index contributed by atoms with van der Waals surface area (Å²) in [6, 6.07) is 0. The fourth-order valence-corrected chi connectivity index (χ4v) is 1.39. The van der Waals surface area contributed by atoms with Crippen LogP contribution in [0.2, 0.25) is 0 Å². The van der Waals surface area contributed by atoms with E-state index in [-0.39, 0.29) is 5.97 Å². The number of esters is 1. The second-order valence-electron chi connectivity index (χ2n) is 4.67. The lowest BCUT2D eigenvalue weighted by atomic mass is 10.0. The molecule has 0 atom stereocenters. The highest BCUT2D eigenvalue weighted by atomic mass is 16.5. The Kier molecular flexibility index (Phi) is 15.0. The van der Waals surface area contributed by atoms with Crippen molar-refractivity contribution in [2.24, 2.45) is 5.92 Å². The van der Waals surface area contributed by atoms with Crippen molar-refractivity contribution < 1.29 is 19.4 Å². The monoisotopic (exact) mass is 260 g/mol. The number of carboxylic acids is 1. The van der Waals surface area contributed by atoms with Gasteiger partial charge in [-0.2, -0.15) is 0 Å². The summed E-state index contributed by atoms with van der Waals surface area (Å²) in [5.41, 5.74) is 0. The third-order valence-electron chi connectivity index (χ3n) is 2.27. The standard InChI is InChI=1S/C10H20O2.C4H8O2/c1-9(2)7-5-3-4-6-8-10(11)12;1-3-6-4(2)5/h9H,3-8H2,1-2H3,(H,11,12);3H2,1-2H3. The van der Waals surface area contributed by atoms with E-state index in [4.69, 9.17) is 5.11 Å². The number of carboxylic acid groups (broad SMARTS) is 1. The Hall–Kier alpha value is -1.06. The molecular weight excluding hydrogens is 232 g/mol. The van der Waals surface area contributed by atoms with Crippen LogP contribution in [0.4, 0.5) is 0 Å². The number of rotatable bonds is 8. The zero-order chi connectivity index (χ0) is 14.4. The molecule has 1 N–H and O–H groups in total. The fraction of sp³-hybridized carbons (Fsp3) is 0.857. The number of carbonyl (C=O) groups excluding carboxylic acids is 1. The number of hydrogen-bond donors (Lipinski definition) is 1. The highest BCUT2D eigenvalue weighted by Crippen LogP contribution is 2.10. The summed E-state index contributed by atoms with van der Waals surface area (Å²) >= 11 is 0.